The summed E-state index contributed by atoms with van der Waals surface area (Å²) in [6, 6.07) is 5.01. The summed E-state index contributed by atoms with van der Waals surface area (Å²) in [4.78, 5) is 0. The summed E-state index contributed by atoms with van der Waals surface area (Å²) in [5.74, 6) is 0.535. The largest absolute Gasteiger partial charge is 0.312 e. The van der Waals surface area contributed by atoms with Crippen LogP contribution >= 0.6 is 27.5 Å². The summed E-state index contributed by atoms with van der Waals surface area (Å²) in [5, 5.41) is 3.31. The summed E-state index contributed by atoms with van der Waals surface area (Å²) >= 11 is 9.05. The minimum Gasteiger partial charge on any atom is -0.312 e. The molecule has 0 atom stereocenters. The first-order chi connectivity index (χ1) is 8.44. The maximum absolute atomic E-state index is 13.5. The molecular weight excluding hydrogens is 317 g/mol. The molecule has 18 heavy (non-hydrogen) atoms. The molecule has 1 rings (SSSR count). The normalized spacial score (nSPS) is 11.8. The Bertz CT molecular complexity index is 382. The molecule has 0 unspecified atom stereocenters. The molecule has 0 aliphatic rings. The first-order valence-corrected chi connectivity index (χ1v) is 7.48. The van der Waals surface area contributed by atoms with Crippen LogP contribution in [0.5, 0.6) is 0 Å². The van der Waals surface area contributed by atoms with Crippen LogP contribution < -0.4 is 5.32 Å². The van der Waals surface area contributed by atoms with Gasteiger partial charge in [-0.2, -0.15) is 0 Å². The highest BCUT2D eigenvalue weighted by atomic mass is 79.9. The van der Waals surface area contributed by atoms with Crippen molar-refractivity contribution in [1.82, 2.24) is 5.32 Å². The molecule has 1 nitrogen and oxygen atoms in total. The van der Waals surface area contributed by atoms with Crippen molar-refractivity contribution in [2.45, 2.75) is 33.2 Å². The number of benzene rings is 1. The number of hydrogen-bond donors (Lipinski definition) is 1. The lowest BCUT2D eigenvalue weighted by molar-refractivity contribution is 0.310. The molecule has 1 N–H and O–H groups in total. The molecule has 4 heteroatoms. The van der Waals surface area contributed by atoms with E-state index in [1.807, 2.05) is 6.07 Å². The van der Waals surface area contributed by atoms with Crippen LogP contribution in [0, 0.1) is 11.2 Å². The monoisotopic (exact) mass is 335 g/mol. The third-order valence-corrected chi connectivity index (χ3v) is 3.67. The summed E-state index contributed by atoms with van der Waals surface area (Å²) in [6.07, 6.45) is 2.09. The van der Waals surface area contributed by atoms with E-state index in [1.165, 1.54) is 6.07 Å². The smallest absolute Gasteiger partial charge is 0.127 e. The highest BCUT2D eigenvalue weighted by Gasteiger charge is 2.16. The zero-order valence-corrected chi connectivity index (χ0v) is 13.2. The van der Waals surface area contributed by atoms with Crippen LogP contribution in [0.4, 0.5) is 4.39 Å². The zero-order valence-electron chi connectivity index (χ0n) is 10.9. The van der Waals surface area contributed by atoms with E-state index < -0.39 is 0 Å². The SMILES string of the molecule is CC(C)(CCCCl)CNCc1cc(Br)ccc1F. The Morgan fingerprint density at radius 3 is 2.78 bits per heavy atom. The number of nitrogens with one attached hydrogen (secondary N) is 1. The molecule has 0 amide bonds. The van der Waals surface area contributed by atoms with Crippen molar-refractivity contribution in [3.8, 4) is 0 Å². The number of alkyl halides is 1. The topological polar surface area (TPSA) is 12.0 Å². The lowest BCUT2D eigenvalue weighted by Gasteiger charge is -2.24. The maximum Gasteiger partial charge on any atom is 0.127 e. The molecule has 0 aliphatic heterocycles. The average Bonchev–Trinajstić information content (AvgIpc) is 2.31. The van der Waals surface area contributed by atoms with E-state index >= 15 is 0 Å². The minimum absolute atomic E-state index is 0.163. The Labute approximate surface area is 122 Å². The standard InChI is InChI=1S/C14H20BrClFN/c1-14(2,6-3-7-16)10-18-9-11-8-12(15)4-5-13(11)17/h4-5,8,18H,3,6-7,9-10H2,1-2H3. The fraction of sp³-hybridized carbons (Fsp3) is 0.571. The predicted molar refractivity (Wildman–Crippen MR) is 79.5 cm³/mol. The highest BCUT2D eigenvalue weighted by molar-refractivity contribution is 9.10. The van der Waals surface area contributed by atoms with Crippen LogP contribution in [0.2, 0.25) is 0 Å². The molecule has 0 bridgehead atoms. The minimum atomic E-state index is -0.163. The summed E-state index contributed by atoms with van der Waals surface area (Å²) < 4.78 is 14.4. The van der Waals surface area contributed by atoms with Crippen molar-refractivity contribution in [2.24, 2.45) is 5.41 Å². The van der Waals surface area contributed by atoms with E-state index in [2.05, 4.69) is 35.1 Å². The third-order valence-electron chi connectivity index (χ3n) is 2.91. The van der Waals surface area contributed by atoms with Crippen molar-refractivity contribution in [2.75, 3.05) is 12.4 Å². The molecule has 0 saturated carbocycles. The lowest BCUT2D eigenvalue weighted by Crippen LogP contribution is -2.29. The van der Waals surface area contributed by atoms with E-state index in [9.17, 15) is 4.39 Å². The molecule has 1 aromatic carbocycles. The van der Waals surface area contributed by atoms with Crippen LogP contribution in [-0.2, 0) is 6.54 Å². The predicted octanol–water partition coefficient (Wildman–Crippen LogP) is 4.72. The highest BCUT2D eigenvalue weighted by Crippen LogP contribution is 2.22. The second-order valence-corrected chi connectivity index (χ2v) is 6.59. The fourth-order valence-corrected chi connectivity index (χ4v) is 2.39. The van der Waals surface area contributed by atoms with Gasteiger partial charge in [-0.25, -0.2) is 4.39 Å². The second kappa shape index (κ2) is 7.46. The van der Waals surface area contributed by atoms with Crippen LogP contribution in [0.3, 0.4) is 0 Å². The molecule has 0 saturated heterocycles. The van der Waals surface area contributed by atoms with Crippen molar-refractivity contribution >= 4 is 27.5 Å². The van der Waals surface area contributed by atoms with Gasteiger partial charge in [-0.3, -0.25) is 0 Å². The van der Waals surface area contributed by atoms with E-state index in [0.29, 0.717) is 18.0 Å². The Balaban J connectivity index is 2.43. The lowest BCUT2D eigenvalue weighted by atomic mass is 9.88. The third kappa shape index (κ3) is 5.68. The van der Waals surface area contributed by atoms with E-state index in [4.69, 9.17) is 11.6 Å². The van der Waals surface area contributed by atoms with Crippen LogP contribution in [-0.4, -0.2) is 12.4 Å². The van der Waals surface area contributed by atoms with Crippen molar-refractivity contribution in [1.29, 1.82) is 0 Å². The van der Waals surface area contributed by atoms with Crippen molar-refractivity contribution < 1.29 is 4.39 Å². The maximum atomic E-state index is 13.5. The number of hydrogen-bond acceptors (Lipinski definition) is 1. The summed E-state index contributed by atoms with van der Waals surface area (Å²) in [5.41, 5.74) is 0.884. The van der Waals surface area contributed by atoms with Gasteiger partial charge < -0.3 is 5.32 Å². The molecule has 0 aliphatic carbocycles. The molecular formula is C14H20BrClFN. The van der Waals surface area contributed by atoms with E-state index in [0.717, 1.165) is 23.9 Å². The van der Waals surface area contributed by atoms with Crippen molar-refractivity contribution in [3.63, 3.8) is 0 Å². The molecule has 0 spiro atoms. The molecule has 0 fully saturated rings. The Kier molecular flexibility index (Phi) is 6.61. The molecule has 0 radical (unpaired) electrons. The van der Waals surface area contributed by atoms with Gasteiger partial charge in [0.15, 0.2) is 0 Å². The van der Waals surface area contributed by atoms with E-state index in [1.54, 1.807) is 6.07 Å². The summed E-state index contributed by atoms with van der Waals surface area (Å²) in [6.45, 7) is 5.80. The number of halogens is 3. The molecule has 102 valence electrons. The van der Waals surface area contributed by atoms with Gasteiger partial charge in [0.2, 0.25) is 0 Å². The van der Waals surface area contributed by atoms with Gasteiger partial charge in [0, 0.05) is 29.0 Å². The van der Waals surface area contributed by atoms with Gasteiger partial charge in [-0.05, 0) is 36.5 Å². The zero-order chi connectivity index (χ0) is 13.6. The first kappa shape index (κ1) is 15.9. The molecule has 0 aromatic heterocycles. The fourth-order valence-electron chi connectivity index (χ4n) is 1.85. The molecule has 1 aromatic rings. The van der Waals surface area contributed by atoms with Gasteiger partial charge in [0.1, 0.15) is 5.82 Å². The Hall–Kier alpha value is -0.120. The van der Waals surface area contributed by atoms with Gasteiger partial charge in [-0.15, -0.1) is 11.6 Å². The van der Waals surface area contributed by atoms with Gasteiger partial charge >= 0.3 is 0 Å². The molecule has 0 heterocycles. The van der Waals surface area contributed by atoms with Crippen LogP contribution in [0.1, 0.15) is 32.3 Å². The Morgan fingerprint density at radius 2 is 2.11 bits per heavy atom. The van der Waals surface area contributed by atoms with Crippen LogP contribution in [0.25, 0.3) is 0 Å². The number of rotatable bonds is 7. The average molecular weight is 337 g/mol. The van der Waals surface area contributed by atoms with Gasteiger partial charge in [0.25, 0.3) is 0 Å². The van der Waals surface area contributed by atoms with Crippen molar-refractivity contribution in [3.05, 3.63) is 34.1 Å². The van der Waals surface area contributed by atoms with E-state index in [-0.39, 0.29) is 11.2 Å². The second-order valence-electron chi connectivity index (χ2n) is 5.30. The first-order valence-electron chi connectivity index (χ1n) is 6.15. The van der Waals surface area contributed by atoms with Gasteiger partial charge in [-0.1, -0.05) is 29.8 Å². The van der Waals surface area contributed by atoms with Gasteiger partial charge in [0.05, 0.1) is 0 Å². The Morgan fingerprint density at radius 1 is 1.39 bits per heavy atom. The van der Waals surface area contributed by atoms with Crippen LogP contribution in [0.15, 0.2) is 22.7 Å². The summed E-state index contributed by atoms with van der Waals surface area (Å²) in [7, 11) is 0. The quantitative estimate of drug-likeness (QED) is 0.710.